The van der Waals surface area contributed by atoms with Gasteiger partial charge in [0.2, 0.25) is 0 Å². The molecule has 98 valence electrons. The molecule has 0 spiro atoms. The minimum Gasteiger partial charge on any atom is -0.314 e. The van der Waals surface area contributed by atoms with Gasteiger partial charge in [-0.2, -0.15) is 0 Å². The number of piperazine rings is 1. The van der Waals surface area contributed by atoms with E-state index in [-0.39, 0.29) is 5.56 Å². The number of carbonyl (C=O) groups excluding carboxylic acids is 1. The van der Waals surface area contributed by atoms with Gasteiger partial charge in [0.15, 0.2) is 0 Å². The number of carbonyl (C=O) groups is 1. The van der Waals surface area contributed by atoms with Crippen LogP contribution in [-0.4, -0.2) is 43.6 Å². The Balaban J connectivity index is 1.90. The van der Waals surface area contributed by atoms with Crippen molar-refractivity contribution >= 4 is 5.97 Å². The zero-order valence-corrected chi connectivity index (χ0v) is 10.2. The topological polar surface area (TPSA) is 41.6 Å². The molecule has 1 saturated heterocycles. The molecule has 1 N–H and O–H groups in total. The fourth-order valence-electron chi connectivity index (χ4n) is 2.12. The Labute approximate surface area is 106 Å². The molecule has 0 bridgehead atoms. The highest BCUT2D eigenvalue weighted by molar-refractivity contribution is 5.89. The minimum absolute atomic E-state index is 0.260. The summed E-state index contributed by atoms with van der Waals surface area (Å²) in [6.45, 7) is 5.09. The fraction of sp³-hybridized carbons (Fsp3) is 0.462. The maximum absolute atomic E-state index is 11.8. The van der Waals surface area contributed by atoms with Gasteiger partial charge in [-0.3, -0.25) is 0 Å². The Bertz CT molecular complexity index is 406. The van der Waals surface area contributed by atoms with Crippen LogP contribution in [0, 0.1) is 0 Å². The maximum atomic E-state index is 11.8. The highest BCUT2D eigenvalue weighted by atomic mass is 19.3. The number of nitrogens with zero attached hydrogens (tertiary/aromatic N) is 1. The van der Waals surface area contributed by atoms with Crippen molar-refractivity contribution in [1.29, 1.82) is 0 Å². The first-order valence-corrected chi connectivity index (χ1v) is 6.14. The molecule has 0 aliphatic carbocycles. The Morgan fingerprint density at radius 2 is 2.17 bits per heavy atom. The molecule has 0 radical (unpaired) electrons. The lowest BCUT2D eigenvalue weighted by molar-refractivity contribution is -0.0788. The number of rotatable bonds is 4. The van der Waals surface area contributed by atoms with E-state index in [1.54, 1.807) is 18.2 Å². The van der Waals surface area contributed by atoms with Crippen LogP contribution in [0.25, 0.3) is 0 Å². The number of benzene rings is 1. The quantitative estimate of drug-likeness (QED) is 0.873. The van der Waals surface area contributed by atoms with Crippen molar-refractivity contribution in [2.75, 3.05) is 32.7 Å². The highest BCUT2D eigenvalue weighted by Gasteiger charge is 2.11. The van der Waals surface area contributed by atoms with Gasteiger partial charge in [-0.15, -0.1) is 0 Å². The van der Waals surface area contributed by atoms with Gasteiger partial charge in [-0.05, 0) is 24.1 Å². The van der Waals surface area contributed by atoms with Crippen molar-refractivity contribution in [2.24, 2.45) is 0 Å². The number of nitrogens with one attached hydrogen (secondary N) is 1. The van der Waals surface area contributed by atoms with Crippen LogP contribution in [-0.2, 0) is 11.4 Å². The van der Waals surface area contributed by atoms with E-state index in [1.165, 1.54) is 0 Å². The van der Waals surface area contributed by atoms with Gasteiger partial charge in [-0.25, -0.2) is 9.74 Å². The first-order valence-electron chi connectivity index (χ1n) is 6.14. The van der Waals surface area contributed by atoms with Crippen LogP contribution < -0.4 is 5.32 Å². The van der Waals surface area contributed by atoms with Crippen LogP contribution in [0.2, 0.25) is 0 Å². The maximum Gasteiger partial charge on any atom is 0.379 e. The lowest BCUT2D eigenvalue weighted by atomic mass is 10.1. The van der Waals surface area contributed by atoms with Crippen molar-refractivity contribution < 1.29 is 14.3 Å². The average Bonchev–Trinajstić information content (AvgIpc) is 2.45. The second kappa shape index (κ2) is 6.47. The molecule has 18 heavy (non-hydrogen) atoms. The summed E-state index contributed by atoms with van der Waals surface area (Å²) in [6, 6.07) is 6.93. The molecule has 1 aromatic rings. The molecule has 1 aliphatic rings. The van der Waals surface area contributed by atoms with E-state index in [9.17, 15) is 9.32 Å². The van der Waals surface area contributed by atoms with Crippen molar-refractivity contribution in [1.82, 2.24) is 10.2 Å². The molecule has 0 saturated carbocycles. The van der Waals surface area contributed by atoms with Crippen LogP contribution >= 0.6 is 0 Å². The van der Waals surface area contributed by atoms with Crippen LogP contribution in [0.15, 0.2) is 24.3 Å². The van der Waals surface area contributed by atoms with Crippen LogP contribution in [0.4, 0.5) is 4.53 Å². The van der Waals surface area contributed by atoms with E-state index >= 15 is 0 Å². The van der Waals surface area contributed by atoms with Gasteiger partial charge in [0.05, 0.1) is 5.56 Å². The summed E-state index contributed by atoms with van der Waals surface area (Å²) < 4.78 is 11.8. The Morgan fingerprint density at radius 3 is 2.89 bits per heavy atom. The Kier molecular flexibility index (Phi) is 4.66. The summed E-state index contributed by atoms with van der Waals surface area (Å²) in [5.74, 6) is -0.931. The smallest absolute Gasteiger partial charge is 0.314 e. The third kappa shape index (κ3) is 3.51. The van der Waals surface area contributed by atoms with Gasteiger partial charge in [0.25, 0.3) is 0 Å². The second-order valence-corrected chi connectivity index (χ2v) is 4.41. The molecule has 0 atom stereocenters. The van der Waals surface area contributed by atoms with Crippen LogP contribution in [0.1, 0.15) is 15.9 Å². The van der Waals surface area contributed by atoms with Gasteiger partial charge in [-0.1, -0.05) is 12.1 Å². The summed E-state index contributed by atoms with van der Waals surface area (Å²) in [4.78, 5) is 16.7. The van der Waals surface area contributed by atoms with E-state index in [0.29, 0.717) is 0 Å². The molecule has 0 unspecified atom stereocenters. The molecule has 0 aromatic heterocycles. The van der Waals surface area contributed by atoms with E-state index < -0.39 is 5.97 Å². The summed E-state index contributed by atoms with van der Waals surface area (Å²) in [5.41, 5.74) is 1.28. The number of hydrogen-bond donors (Lipinski definition) is 1. The molecule has 5 heteroatoms. The monoisotopic (exact) mass is 252 g/mol. The van der Waals surface area contributed by atoms with Crippen LogP contribution in [0.5, 0.6) is 0 Å². The molecular weight excluding hydrogens is 235 g/mol. The molecule has 1 fully saturated rings. The van der Waals surface area contributed by atoms with E-state index in [1.807, 2.05) is 6.07 Å². The second-order valence-electron chi connectivity index (χ2n) is 4.41. The number of hydrogen-bond acceptors (Lipinski definition) is 4. The largest absolute Gasteiger partial charge is 0.379 e. The Hall–Kier alpha value is -1.46. The summed E-state index contributed by atoms with van der Waals surface area (Å²) >= 11 is 0. The molecule has 0 amide bonds. The van der Waals surface area contributed by atoms with Crippen molar-refractivity contribution in [3.63, 3.8) is 0 Å². The molecule has 1 heterocycles. The van der Waals surface area contributed by atoms with E-state index in [4.69, 9.17) is 0 Å². The Morgan fingerprint density at radius 1 is 1.39 bits per heavy atom. The van der Waals surface area contributed by atoms with Gasteiger partial charge in [0, 0.05) is 37.2 Å². The van der Waals surface area contributed by atoms with Crippen molar-refractivity contribution in [2.45, 2.75) is 6.42 Å². The molecule has 1 aromatic carbocycles. The normalized spacial score (nSPS) is 16.5. The highest BCUT2D eigenvalue weighted by Crippen LogP contribution is 2.09. The van der Waals surface area contributed by atoms with Crippen LogP contribution in [0.3, 0.4) is 0 Å². The summed E-state index contributed by atoms with van der Waals surface area (Å²) in [5, 5.41) is 3.30. The number of halogens is 1. The molecule has 4 nitrogen and oxygen atoms in total. The molecular formula is C13H17FN2O2. The SMILES string of the molecule is O=C(OF)c1cccc(CCN2CCNCC2)c1. The molecule has 2 rings (SSSR count). The zero-order valence-electron chi connectivity index (χ0n) is 10.2. The standard InChI is InChI=1S/C13H17FN2O2/c14-18-13(17)12-3-1-2-11(10-12)4-7-16-8-5-15-6-9-16/h1-3,10,15H,4-9H2. The lowest BCUT2D eigenvalue weighted by Crippen LogP contribution is -2.44. The van der Waals surface area contributed by atoms with Gasteiger partial charge in [0.1, 0.15) is 0 Å². The third-order valence-electron chi connectivity index (χ3n) is 3.16. The van der Waals surface area contributed by atoms with Gasteiger partial charge >= 0.3 is 5.97 Å². The first kappa shape index (κ1) is 13.0. The minimum atomic E-state index is -0.931. The zero-order chi connectivity index (χ0) is 12.8. The fourth-order valence-corrected chi connectivity index (χ4v) is 2.12. The third-order valence-corrected chi connectivity index (χ3v) is 3.16. The van der Waals surface area contributed by atoms with E-state index in [2.05, 4.69) is 15.2 Å². The van der Waals surface area contributed by atoms with E-state index in [0.717, 1.165) is 44.7 Å². The first-order chi connectivity index (χ1) is 8.79. The lowest BCUT2D eigenvalue weighted by Gasteiger charge is -2.27. The predicted octanol–water partition coefficient (Wildman–Crippen LogP) is 1.18. The van der Waals surface area contributed by atoms with Crippen molar-refractivity contribution in [3.8, 4) is 0 Å². The summed E-state index contributed by atoms with van der Waals surface area (Å²) in [6.07, 6.45) is 0.855. The summed E-state index contributed by atoms with van der Waals surface area (Å²) in [7, 11) is 0. The van der Waals surface area contributed by atoms with Gasteiger partial charge < -0.3 is 10.2 Å². The van der Waals surface area contributed by atoms with Crippen molar-refractivity contribution in [3.05, 3.63) is 35.4 Å². The average molecular weight is 252 g/mol. The predicted molar refractivity (Wildman–Crippen MR) is 66.0 cm³/mol. The molecule has 1 aliphatic heterocycles.